The van der Waals surface area contributed by atoms with Gasteiger partial charge < -0.3 is 14.6 Å². The first-order valence-corrected chi connectivity index (χ1v) is 8.18. The molecule has 1 fully saturated rings. The molecular weight excluding hydrogens is 292 g/mol. The van der Waals surface area contributed by atoms with E-state index in [9.17, 15) is 4.79 Å². The molecule has 0 saturated carbocycles. The van der Waals surface area contributed by atoms with Crippen LogP contribution in [0.1, 0.15) is 5.82 Å². The second-order valence-corrected chi connectivity index (χ2v) is 5.96. The molecule has 0 aliphatic carbocycles. The number of para-hydroxylation sites is 1. The predicted molar refractivity (Wildman–Crippen MR) is 90.8 cm³/mol. The van der Waals surface area contributed by atoms with E-state index in [1.54, 1.807) is 7.11 Å². The second kappa shape index (κ2) is 7.68. The standard InChI is InChI=1S/C17H24N4O2/c1-23-13-12-21-10-8-20(9-11-21)7-6-16-18-15-5-3-2-4-14(15)17(22)19-16/h2-5H,6-13H2,1H3,(H,18,19,22). The molecule has 0 radical (unpaired) electrons. The maximum atomic E-state index is 12.1. The van der Waals surface area contributed by atoms with Crippen molar-refractivity contribution in [1.29, 1.82) is 0 Å². The zero-order valence-electron chi connectivity index (χ0n) is 13.6. The Kier molecular flexibility index (Phi) is 5.38. The van der Waals surface area contributed by atoms with E-state index >= 15 is 0 Å². The summed E-state index contributed by atoms with van der Waals surface area (Å²) in [6, 6.07) is 7.48. The van der Waals surface area contributed by atoms with E-state index in [0.29, 0.717) is 5.39 Å². The van der Waals surface area contributed by atoms with Gasteiger partial charge in [0.1, 0.15) is 5.82 Å². The van der Waals surface area contributed by atoms with E-state index < -0.39 is 0 Å². The zero-order chi connectivity index (χ0) is 16.1. The molecule has 0 bridgehead atoms. The number of piperazine rings is 1. The van der Waals surface area contributed by atoms with Crippen LogP contribution in [0, 0.1) is 0 Å². The number of methoxy groups -OCH3 is 1. The van der Waals surface area contributed by atoms with Gasteiger partial charge in [-0.1, -0.05) is 12.1 Å². The van der Waals surface area contributed by atoms with Gasteiger partial charge in [-0.3, -0.25) is 9.69 Å². The Hall–Kier alpha value is -1.76. The van der Waals surface area contributed by atoms with E-state index in [-0.39, 0.29) is 5.56 Å². The van der Waals surface area contributed by atoms with Crippen LogP contribution in [-0.2, 0) is 11.2 Å². The Labute approximate surface area is 136 Å². The van der Waals surface area contributed by atoms with Gasteiger partial charge in [0, 0.05) is 52.8 Å². The first kappa shape index (κ1) is 16.1. The highest BCUT2D eigenvalue weighted by Gasteiger charge is 2.16. The quantitative estimate of drug-likeness (QED) is 0.851. The number of H-pyrrole nitrogens is 1. The third-order valence-electron chi connectivity index (χ3n) is 4.40. The molecule has 1 aromatic carbocycles. The minimum atomic E-state index is -0.0463. The van der Waals surface area contributed by atoms with Crippen LogP contribution >= 0.6 is 0 Å². The molecule has 1 aliphatic rings. The average molecular weight is 316 g/mol. The first-order chi connectivity index (χ1) is 11.3. The van der Waals surface area contributed by atoms with Crippen molar-refractivity contribution >= 4 is 10.9 Å². The number of rotatable bonds is 6. The van der Waals surface area contributed by atoms with Crippen molar-refractivity contribution in [2.75, 3.05) is 53.0 Å². The summed E-state index contributed by atoms with van der Waals surface area (Å²) in [6.45, 7) is 6.99. The molecule has 1 saturated heterocycles. The second-order valence-electron chi connectivity index (χ2n) is 5.96. The van der Waals surface area contributed by atoms with E-state index in [0.717, 1.165) is 63.6 Å². The lowest BCUT2D eigenvalue weighted by molar-refractivity contribution is 0.0973. The SMILES string of the molecule is COCCN1CCN(CCc2nc3ccccc3c(=O)[nH]2)CC1. The Morgan fingerprint density at radius 3 is 2.57 bits per heavy atom. The molecule has 2 aromatic rings. The van der Waals surface area contributed by atoms with Crippen molar-refractivity contribution in [3.8, 4) is 0 Å². The Morgan fingerprint density at radius 1 is 1.13 bits per heavy atom. The Balaban J connectivity index is 1.54. The van der Waals surface area contributed by atoms with Crippen LogP contribution in [0.4, 0.5) is 0 Å². The van der Waals surface area contributed by atoms with Gasteiger partial charge in [-0.15, -0.1) is 0 Å². The Bertz CT molecular complexity index is 692. The van der Waals surface area contributed by atoms with Gasteiger partial charge in [0.05, 0.1) is 17.5 Å². The van der Waals surface area contributed by atoms with Crippen molar-refractivity contribution in [2.24, 2.45) is 0 Å². The van der Waals surface area contributed by atoms with Gasteiger partial charge in [-0.2, -0.15) is 0 Å². The van der Waals surface area contributed by atoms with E-state index in [1.807, 2.05) is 24.3 Å². The molecule has 0 unspecified atom stereocenters. The smallest absolute Gasteiger partial charge is 0.258 e. The molecule has 6 heteroatoms. The molecule has 23 heavy (non-hydrogen) atoms. The van der Waals surface area contributed by atoms with Crippen LogP contribution in [0.2, 0.25) is 0 Å². The van der Waals surface area contributed by atoms with Gasteiger partial charge >= 0.3 is 0 Å². The zero-order valence-corrected chi connectivity index (χ0v) is 13.6. The highest BCUT2D eigenvalue weighted by Crippen LogP contribution is 2.07. The number of aromatic nitrogens is 2. The fourth-order valence-corrected chi connectivity index (χ4v) is 2.97. The fourth-order valence-electron chi connectivity index (χ4n) is 2.97. The molecule has 1 N–H and O–H groups in total. The molecule has 1 aliphatic heterocycles. The molecular formula is C17H24N4O2. The molecule has 124 valence electrons. The van der Waals surface area contributed by atoms with Gasteiger partial charge in [0.25, 0.3) is 5.56 Å². The molecule has 1 aromatic heterocycles. The summed E-state index contributed by atoms with van der Waals surface area (Å²) in [5.74, 6) is 0.774. The lowest BCUT2D eigenvalue weighted by Crippen LogP contribution is -2.47. The third kappa shape index (κ3) is 4.16. The number of hydrogen-bond donors (Lipinski definition) is 1. The van der Waals surface area contributed by atoms with Gasteiger partial charge in [-0.05, 0) is 12.1 Å². The number of fused-ring (bicyclic) bond motifs is 1. The summed E-state index contributed by atoms with van der Waals surface area (Å²) in [7, 11) is 1.74. The van der Waals surface area contributed by atoms with Crippen molar-refractivity contribution in [2.45, 2.75) is 6.42 Å². The maximum absolute atomic E-state index is 12.1. The molecule has 3 rings (SSSR count). The highest BCUT2D eigenvalue weighted by molar-refractivity contribution is 5.77. The molecule has 2 heterocycles. The van der Waals surface area contributed by atoms with Gasteiger partial charge in [-0.25, -0.2) is 4.98 Å². The van der Waals surface area contributed by atoms with E-state index in [1.165, 1.54) is 0 Å². The number of aromatic amines is 1. The molecule has 0 spiro atoms. The monoisotopic (exact) mass is 316 g/mol. The van der Waals surface area contributed by atoms with Crippen LogP contribution in [0.15, 0.2) is 29.1 Å². The van der Waals surface area contributed by atoms with E-state index in [4.69, 9.17) is 4.74 Å². The normalized spacial score (nSPS) is 16.9. The van der Waals surface area contributed by atoms with Crippen molar-refractivity contribution in [3.05, 3.63) is 40.4 Å². The minimum absolute atomic E-state index is 0.0463. The van der Waals surface area contributed by atoms with E-state index in [2.05, 4.69) is 19.8 Å². The number of benzene rings is 1. The summed E-state index contributed by atoms with van der Waals surface area (Å²) < 4.78 is 5.13. The predicted octanol–water partition coefficient (Wildman–Crippen LogP) is 0.730. The highest BCUT2D eigenvalue weighted by atomic mass is 16.5. The third-order valence-corrected chi connectivity index (χ3v) is 4.40. The molecule has 0 amide bonds. The van der Waals surface area contributed by atoms with Crippen molar-refractivity contribution in [1.82, 2.24) is 19.8 Å². The topological polar surface area (TPSA) is 61.5 Å². The maximum Gasteiger partial charge on any atom is 0.258 e. The number of ether oxygens (including phenoxy) is 1. The number of nitrogens with one attached hydrogen (secondary N) is 1. The molecule has 0 atom stereocenters. The van der Waals surface area contributed by atoms with Gasteiger partial charge in [0.15, 0.2) is 0 Å². The number of nitrogens with zero attached hydrogens (tertiary/aromatic N) is 3. The van der Waals surface area contributed by atoms with Crippen molar-refractivity contribution < 1.29 is 4.74 Å². The summed E-state index contributed by atoms with van der Waals surface area (Å²) in [6.07, 6.45) is 0.776. The van der Waals surface area contributed by atoms with Crippen LogP contribution in [0.25, 0.3) is 10.9 Å². The minimum Gasteiger partial charge on any atom is -0.383 e. The fraction of sp³-hybridized carbons (Fsp3) is 0.529. The largest absolute Gasteiger partial charge is 0.383 e. The Morgan fingerprint density at radius 2 is 1.83 bits per heavy atom. The lowest BCUT2D eigenvalue weighted by atomic mass is 10.2. The lowest BCUT2D eigenvalue weighted by Gasteiger charge is -2.34. The van der Waals surface area contributed by atoms with Crippen LogP contribution < -0.4 is 5.56 Å². The van der Waals surface area contributed by atoms with Gasteiger partial charge in [0.2, 0.25) is 0 Å². The molecule has 6 nitrogen and oxygen atoms in total. The van der Waals surface area contributed by atoms with Crippen LogP contribution in [0.3, 0.4) is 0 Å². The van der Waals surface area contributed by atoms with Crippen molar-refractivity contribution in [3.63, 3.8) is 0 Å². The summed E-state index contributed by atoms with van der Waals surface area (Å²) in [4.78, 5) is 24.4. The average Bonchev–Trinajstić information content (AvgIpc) is 2.59. The summed E-state index contributed by atoms with van der Waals surface area (Å²) in [5.41, 5.74) is 0.727. The summed E-state index contributed by atoms with van der Waals surface area (Å²) >= 11 is 0. The number of hydrogen-bond acceptors (Lipinski definition) is 5. The van der Waals surface area contributed by atoms with Crippen LogP contribution in [0.5, 0.6) is 0 Å². The first-order valence-electron chi connectivity index (χ1n) is 8.18. The summed E-state index contributed by atoms with van der Waals surface area (Å²) in [5, 5.41) is 0.656. The van der Waals surface area contributed by atoms with Crippen LogP contribution in [-0.4, -0.2) is 72.8 Å².